The number of carbonyl (C=O) groups is 2. The topological polar surface area (TPSA) is 79.7 Å². The molecule has 0 radical (unpaired) electrons. The lowest BCUT2D eigenvalue weighted by Gasteiger charge is -2.27. The summed E-state index contributed by atoms with van der Waals surface area (Å²) in [5.41, 5.74) is 2.27. The summed E-state index contributed by atoms with van der Waals surface area (Å²) in [5, 5.41) is 2.83. The zero-order valence-electron chi connectivity index (χ0n) is 16.9. The Morgan fingerprint density at radius 2 is 2.04 bits per heavy atom. The van der Waals surface area contributed by atoms with Gasteiger partial charge in [0.05, 0.1) is 30.8 Å². The second-order valence-corrected chi connectivity index (χ2v) is 7.14. The minimum atomic E-state index is -0.189. The van der Waals surface area contributed by atoms with Crippen molar-refractivity contribution in [2.75, 3.05) is 51.3 Å². The summed E-state index contributed by atoms with van der Waals surface area (Å²) in [7, 11) is 3.62. The molecule has 1 fully saturated rings. The Kier molecular flexibility index (Phi) is 6.51. The fourth-order valence-electron chi connectivity index (χ4n) is 3.33. The van der Waals surface area contributed by atoms with E-state index >= 15 is 0 Å². The number of nitrogens with zero attached hydrogens (tertiary/aromatic N) is 4. The maximum Gasteiger partial charge on any atom is 0.254 e. The highest BCUT2D eigenvalue weighted by molar-refractivity contribution is 5.99. The van der Waals surface area contributed by atoms with Crippen LogP contribution >= 0.6 is 0 Å². The summed E-state index contributed by atoms with van der Waals surface area (Å²) in [6.45, 7) is 5.75. The number of aromatic nitrogens is 2. The van der Waals surface area contributed by atoms with Crippen LogP contribution in [0.2, 0.25) is 0 Å². The molecule has 8 nitrogen and oxygen atoms in total. The summed E-state index contributed by atoms with van der Waals surface area (Å²) in [5.74, 6) is 0.551. The third-order valence-electron chi connectivity index (χ3n) is 4.98. The SMILES string of the molecule is CCCCNC(=O)CN(C)C(=O)c1ccc2c(c1)nc(N1CCOCC1)n2C. The highest BCUT2D eigenvalue weighted by atomic mass is 16.5. The minimum Gasteiger partial charge on any atom is -0.378 e. The molecule has 2 aromatic rings. The second-order valence-electron chi connectivity index (χ2n) is 7.14. The van der Waals surface area contributed by atoms with Gasteiger partial charge in [0.25, 0.3) is 5.91 Å². The molecule has 0 unspecified atom stereocenters. The van der Waals surface area contributed by atoms with Gasteiger partial charge in [-0.15, -0.1) is 0 Å². The summed E-state index contributed by atoms with van der Waals surface area (Å²) >= 11 is 0. The smallest absolute Gasteiger partial charge is 0.254 e. The van der Waals surface area contributed by atoms with E-state index in [2.05, 4.69) is 17.1 Å². The van der Waals surface area contributed by atoms with Crippen LogP contribution in [-0.4, -0.2) is 72.7 Å². The van der Waals surface area contributed by atoms with Crippen LogP contribution in [0.1, 0.15) is 30.1 Å². The average molecular weight is 387 g/mol. The number of fused-ring (bicyclic) bond motifs is 1. The van der Waals surface area contributed by atoms with E-state index in [4.69, 9.17) is 9.72 Å². The molecule has 1 aliphatic rings. The number of morpholine rings is 1. The van der Waals surface area contributed by atoms with Gasteiger partial charge in [-0.25, -0.2) is 4.98 Å². The van der Waals surface area contributed by atoms with Gasteiger partial charge in [-0.05, 0) is 24.6 Å². The number of unbranched alkanes of at least 4 members (excludes halogenated alkanes) is 1. The number of amides is 2. The minimum absolute atomic E-state index is 0.0435. The first kappa shape index (κ1) is 20.1. The molecule has 2 heterocycles. The summed E-state index contributed by atoms with van der Waals surface area (Å²) in [4.78, 5) is 33.1. The van der Waals surface area contributed by atoms with E-state index in [9.17, 15) is 9.59 Å². The number of imidazole rings is 1. The van der Waals surface area contributed by atoms with Crippen molar-refractivity contribution in [2.24, 2.45) is 7.05 Å². The van der Waals surface area contributed by atoms with E-state index < -0.39 is 0 Å². The van der Waals surface area contributed by atoms with Gasteiger partial charge in [-0.1, -0.05) is 13.3 Å². The molecule has 1 N–H and O–H groups in total. The molecule has 0 saturated carbocycles. The van der Waals surface area contributed by atoms with Gasteiger partial charge in [0, 0.05) is 39.3 Å². The maximum absolute atomic E-state index is 12.7. The van der Waals surface area contributed by atoms with Crippen molar-refractivity contribution in [1.29, 1.82) is 0 Å². The zero-order chi connectivity index (χ0) is 20.1. The number of anilines is 1. The number of nitrogens with one attached hydrogen (secondary N) is 1. The van der Waals surface area contributed by atoms with Gasteiger partial charge in [0.15, 0.2) is 0 Å². The second kappa shape index (κ2) is 9.05. The number of likely N-dealkylation sites (N-methyl/N-ethyl adjacent to an activating group) is 1. The van der Waals surface area contributed by atoms with Crippen molar-refractivity contribution < 1.29 is 14.3 Å². The molecule has 0 bridgehead atoms. The Morgan fingerprint density at radius 1 is 1.29 bits per heavy atom. The van der Waals surface area contributed by atoms with Crippen LogP contribution in [0, 0.1) is 0 Å². The van der Waals surface area contributed by atoms with Crippen molar-refractivity contribution in [2.45, 2.75) is 19.8 Å². The number of carbonyl (C=O) groups excluding carboxylic acids is 2. The van der Waals surface area contributed by atoms with Gasteiger partial charge >= 0.3 is 0 Å². The van der Waals surface area contributed by atoms with E-state index in [1.165, 1.54) is 4.90 Å². The summed E-state index contributed by atoms with van der Waals surface area (Å²) in [6, 6.07) is 5.50. The molecule has 1 aromatic carbocycles. The lowest BCUT2D eigenvalue weighted by Crippen LogP contribution is -2.38. The highest BCUT2D eigenvalue weighted by Gasteiger charge is 2.20. The Labute approximate surface area is 165 Å². The molecular weight excluding hydrogens is 358 g/mol. The van der Waals surface area contributed by atoms with Gasteiger partial charge in [-0.3, -0.25) is 9.59 Å². The fraction of sp³-hybridized carbons (Fsp3) is 0.550. The van der Waals surface area contributed by atoms with Crippen LogP contribution in [0.4, 0.5) is 5.95 Å². The fourth-order valence-corrected chi connectivity index (χ4v) is 3.33. The van der Waals surface area contributed by atoms with Crippen molar-refractivity contribution in [3.8, 4) is 0 Å². The van der Waals surface area contributed by atoms with E-state index in [-0.39, 0.29) is 18.4 Å². The van der Waals surface area contributed by atoms with Crippen molar-refractivity contribution in [3.05, 3.63) is 23.8 Å². The average Bonchev–Trinajstić information content (AvgIpc) is 3.04. The maximum atomic E-state index is 12.7. The number of benzene rings is 1. The monoisotopic (exact) mass is 387 g/mol. The van der Waals surface area contributed by atoms with Gasteiger partial charge in [0.2, 0.25) is 11.9 Å². The van der Waals surface area contributed by atoms with Gasteiger partial charge in [0.1, 0.15) is 0 Å². The third kappa shape index (κ3) is 4.44. The molecule has 3 rings (SSSR count). The molecule has 1 aliphatic heterocycles. The quantitative estimate of drug-likeness (QED) is 0.727. The van der Waals surface area contributed by atoms with Crippen LogP contribution < -0.4 is 10.2 Å². The standard InChI is InChI=1S/C20H29N5O3/c1-4-5-8-21-18(26)14-23(2)19(27)15-6-7-17-16(13-15)22-20(24(17)3)25-9-11-28-12-10-25/h6-7,13H,4-5,8-12,14H2,1-3H3,(H,21,26). The first-order valence-corrected chi connectivity index (χ1v) is 9.82. The Bertz CT molecular complexity index is 842. The van der Waals surface area contributed by atoms with Crippen LogP contribution in [0.15, 0.2) is 18.2 Å². The zero-order valence-corrected chi connectivity index (χ0v) is 16.9. The molecule has 152 valence electrons. The van der Waals surface area contributed by atoms with E-state index in [1.54, 1.807) is 19.2 Å². The molecule has 28 heavy (non-hydrogen) atoms. The number of rotatable bonds is 7. The Hall–Kier alpha value is -2.61. The van der Waals surface area contributed by atoms with Gasteiger partial charge < -0.3 is 24.4 Å². The van der Waals surface area contributed by atoms with Crippen LogP contribution in [0.3, 0.4) is 0 Å². The molecule has 2 amide bonds. The molecule has 0 spiro atoms. The normalized spacial score (nSPS) is 14.3. The molecule has 1 saturated heterocycles. The first-order chi connectivity index (χ1) is 13.5. The molecule has 0 aliphatic carbocycles. The van der Waals surface area contributed by atoms with Crippen LogP contribution in [-0.2, 0) is 16.6 Å². The molecule has 0 atom stereocenters. The lowest BCUT2D eigenvalue weighted by atomic mass is 10.1. The lowest BCUT2D eigenvalue weighted by molar-refractivity contribution is -0.121. The highest BCUT2D eigenvalue weighted by Crippen LogP contribution is 2.23. The number of aryl methyl sites for hydroxylation is 1. The van der Waals surface area contributed by atoms with Crippen molar-refractivity contribution in [3.63, 3.8) is 0 Å². The molecule has 1 aromatic heterocycles. The third-order valence-corrected chi connectivity index (χ3v) is 4.98. The molecular formula is C20H29N5O3. The number of ether oxygens (including phenoxy) is 1. The summed E-state index contributed by atoms with van der Waals surface area (Å²) < 4.78 is 7.45. The van der Waals surface area contributed by atoms with E-state index in [0.29, 0.717) is 25.3 Å². The Morgan fingerprint density at radius 3 is 2.75 bits per heavy atom. The Balaban J connectivity index is 1.72. The van der Waals surface area contributed by atoms with Gasteiger partial charge in [-0.2, -0.15) is 0 Å². The van der Waals surface area contributed by atoms with Crippen LogP contribution in [0.25, 0.3) is 11.0 Å². The van der Waals surface area contributed by atoms with Crippen molar-refractivity contribution in [1.82, 2.24) is 19.8 Å². The molecule has 8 heteroatoms. The predicted octanol–water partition coefficient (Wildman–Crippen LogP) is 1.40. The predicted molar refractivity (Wildman–Crippen MR) is 109 cm³/mol. The van der Waals surface area contributed by atoms with E-state index in [0.717, 1.165) is 42.9 Å². The largest absolute Gasteiger partial charge is 0.378 e. The van der Waals surface area contributed by atoms with Crippen molar-refractivity contribution >= 4 is 28.8 Å². The number of hydrogen-bond acceptors (Lipinski definition) is 5. The first-order valence-electron chi connectivity index (χ1n) is 9.82. The van der Waals surface area contributed by atoms with E-state index in [1.807, 2.05) is 17.7 Å². The summed E-state index contributed by atoms with van der Waals surface area (Å²) in [6.07, 6.45) is 1.96. The van der Waals surface area contributed by atoms with Crippen LogP contribution in [0.5, 0.6) is 0 Å². The number of hydrogen-bond donors (Lipinski definition) is 1.